The number of benzene rings is 1. The molecule has 1 radical (unpaired) electrons. The first-order chi connectivity index (χ1) is 5.83. The number of halogens is 1. The van der Waals surface area contributed by atoms with Gasteiger partial charge in [-0.25, -0.2) is 0 Å². The van der Waals surface area contributed by atoms with Crippen molar-refractivity contribution >= 4 is 11.6 Å². The van der Waals surface area contributed by atoms with Crippen molar-refractivity contribution in [2.24, 2.45) is 0 Å². The molecule has 2 heteroatoms. The zero-order valence-electron chi connectivity index (χ0n) is 7.09. The average Bonchev–Trinajstić information content (AvgIpc) is 2.09. The molecule has 0 atom stereocenters. The van der Waals surface area contributed by atoms with Crippen LogP contribution in [0.2, 0.25) is 5.02 Å². The summed E-state index contributed by atoms with van der Waals surface area (Å²) in [5.41, 5.74) is 1.19. The van der Waals surface area contributed by atoms with Gasteiger partial charge in [0, 0.05) is 18.7 Å². The van der Waals surface area contributed by atoms with Crippen LogP contribution >= 0.6 is 11.6 Å². The number of rotatable bonds is 4. The minimum atomic E-state index is 0.766. The lowest BCUT2D eigenvalue weighted by Gasteiger charge is -1.99. The molecule has 0 aliphatic heterocycles. The third-order valence-corrected chi connectivity index (χ3v) is 1.82. The third-order valence-electron chi connectivity index (χ3n) is 1.57. The van der Waals surface area contributed by atoms with Gasteiger partial charge in [0.2, 0.25) is 0 Å². The normalized spacial score (nSPS) is 10.2. The van der Waals surface area contributed by atoms with Crippen LogP contribution in [0.4, 0.5) is 0 Å². The lowest BCUT2D eigenvalue weighted by molar-refractivity contribution is 0.202. The Morgan fingerprint density at radius 1 is 1.33 bits per heavy atom. The van der Waals surface area contributed by atoms with E-state index in [0.29, 0.717) is 0 Å². The Kier molecular flexibility index (Phi) is 4.12. The molecule has 0 aromatic heterocycles. The molecule has 0 aliphatic rings. The number of ether oxygens (including phenoxy) is 1. The van der Waals surface area contributed by atoms with Crippen molar-refractivity contribution in [3.05, 3.63) is 41.3 Å². The van der Waals surface area contributed by atoms with Gasteiger partial charge >= 0.3 is 0 Å². The van der Waals surface area contributed by atoms with Gasteiger partial charge in [0.15, 0.2) is 0 Å². The van der Waals surface area contributed by atoms with Crippen molar-refractivity contribution in [2.75, 3.05) is 13.7 Å². The van der Waals surface area contributed by atoms with E-state index in [4.69, 9.17) is 16.3 Å². The number of hydrogen-bond donors (Lipinski definition) is 0. The first-order valence-corrected chi connectivity index (χ1v) is 4.28. The molecule has 1 rings (SSSR count). The topological polar surface area (TPSA) is 9.23 Å². The molecule has 0 unspecified atom stereocenters. The highest BCUT2D eigenvalue weighted by atomic mass is 35.5. The maximum Gasteiger partial charge on any atom is 0.0468 e. The molecule has 0 heterocycles. The van der Waals surface area contributed by atoms with Crippen LogP contribution in [-0.4, -0.2) is 13.7 Å². The maximum atomic E-state index is 5.73. The Morgan fingerprint density at radius 3 is 2.58 bits per heavy atom. The van der Waals surface area contributed by atoms with E-state index in [1.807, 2.05) is 24.3 Å². The third kappa shape index (κ3) is 3.24. The Balaban J connectivity index is 2.37. The van der Waals surface area contributed by atoms with Crippen LogP contribution in [0, 0.1) is 6.42 Å². The van der Waals surface area contributed by atoms with Crippen molar-refractivity contribution in [3.8, 4) is 0 Å². The van der Waals surface area contributed by atoms with E-state index in [9.17, 15) is 0 Å². The van der Waals surface area contributed by atoms with Crippen LogP contribution in [0.25, 0.3) is 0 Å². The van der Waals surface area contributed by atoms with Crippen LogP contribution in [-0.2, 0) is 4.74 Å². The summed E-state index contributed by atoms with van der Waals surface area (Å²) in [6.45, 7) is 0.766. The quantitative estimate of drug-likeness (QED) is 0.653. The summed E-state index contributed by atoms with van der Waals surface area (Å²) in [4.78, 5) is 0. The average molecular weight is 184 g/mol. The van der Waals surface area contributed by atoms with Crippen molar-refractivity contribution in [1.29, 1.82) is 0 Å². The van der Waals surface area contributed by atoms with Crippen molar-refractivity contribution in [3.63, 3.8) is 0 Å². The van der Waals surface area contributed by atoms with Gasteiger partial charge in [0.1, 0.15) is 0 Å². The van der Waals surface area contributed by atoms with Gasteiger partial charge < -0.3 is 4.74 Å². The van der Waals surface area contributed by atoms with E-state index < -0.39 is 0 Å². The lowest BCUT2D eigenvalue weighted by atomic mass is 10.1. The Morgan fingerprint density at radius 2 is 2.00 bits per heavy atom. The zero-order valence-corrected chi connectivity index (χ0v) is 7.84. The van der Waals surface area contributed by atoms with E-state index >= 15 is 0 Å². The second-order valence-corrected chi connectivity index (χ2v) is 2.97. The van der Waals surface area contributed by atoms with Crippen molar-refractivity contribution in [1.82, 2.24) is 0 Å². The first kappa shape index (κ1) is 9.56. The van der Waals surface area contributed by atoms with Gasteiger partial charge in [-0.1, -0.05) is 23.7 Å². The van der Waals surface area contributed by atoms with Crippen molar-refractivity contribution in [2.45, 2.75) is 6.42 Å². The molecule has 0 aliphatic carbocycles. The Bertz CT molecular complexity index is 218. The highest BCUT2D eigenvalue weighted by Crippen LogP contribution is 2.11. The van der Waals surface area contributed by atoms with Crippen LogP contribution in [0.5, 0.6) is 0 Å². The van der Waals surface area contributed by atoms with Crippen molar-refractivity contribution < 1.29 is 4.74 Å². The van der Waals surface area contributed by atoms with Gasteiger partial charge in [-0.2, -0.15) is 0 Å². The van der Waals surface area contributed by atoms with Crippen LogP contribution in [0.1, 0.15) is 12.0 Å². The molecule has 0 amide bonds. The molecule has 0 saturated heterocycles. The number of methoxy groups -OCH3 is 1. The molecule has 65 valence electrons. The molecule has 0 saturated carbocycles. The van der Waals surface area contributed by atoms with E-state index in [1.54, 1.807) is 7.11 Å². The largest absolute Gasteiger partial charge is 0.385 e. The molecule has 12 heavy (non-hydrogen) atoms. The van der Waals surface area contributed by atoms with E-state index in [2.05, 4.69) is 6.42 Å². The second-order valence-electron chi connectivity index (χ2n) is 2.54. The second kappa shape index (κ2) is 5.18. The fourth-order valence-corrected chi connectivity index (χ4v) is 1.07. The summed E-state index contributed by atoms with van der Waals surface area (Å²) < 4.78 is 4.93. The molecule has 0 bridgehead atoms. The molecule has 1 aromatic carbocycles. The minimum absolute atomic E-state index is 0.766. The van der Waals surface area contributed by atoms with Gasteiger partial charge in [-0.3, -0.25) is 0 Å². The van der Waals surface area contributed by atoms with Crippen LogP contribution < -0.4 is 0 Å². The molecular weight excluding hydrogens is 172 g/mol. The predicted molar refractivity (Wildman–Crippen MR) is 51.3 cm³/mol. The summed E-state index contributed by atoms with van der Waals surface area (Å²) in [7, 11) is 1.70. The summed E-state index contributed by atoms with van der Waals surface area (Å²) in [6.07, 6.45) is 3.07. The molecule has 0 N–H and O–H groups in total. The van der Waals surface area contributed by atoms with Gasteiger partial charge in [-0.05, 0) is 30.5 Å². The van der Waals surface area contributed by atoms with Crippen LogP contribution in [0.15, 0.2) is 24.3 Å². The highest BCUT2D eigenvalue weighted by molar-refractivity contribution is 6.30. The fourth-order valence-electron chi connectivity index (χ4n) is 0.942. The summed E-state index contributed by atoms with van der Waals surface area (Å²) >= 11 is 5.73. The Labute approximate surface area is 78.3 Å². The van der Waals surface area contributed by atoms with Gasteiger partial charge in [0.05, 0.1) is 0 Å². The fraction of sp³-hybridized carbons (Fsp3) is 0.300. The Hall–Kier alpha value is -0.530. The summed E-state index contributed by atoms with van der Waals surface area (Å²) in [5.74, 6) is 0. The lowest BCUT2D eigenvalue weighted by Crippen LogP contribution is -1.89. The SMILES string of the molecule is COCC[CH]c1ccc(Cl)cc1. The zero-order chi connectivity index (χ0) is 8.81. The standard InChI is InChI=1S/C10H12ClO/c1-12-8-2-3-9-4-6-10(11)7-5-9/h3-7H,2,8H2,1H3. The van der Waals surface area contributed by atoms with Gasteiger partial charge in [0.25, 0.3) is 0 Å². The minimum Gasteiger partial charge on any atom is -0.385 e. The predicted octanol–water partition coefficient (Wildman–Crippen LogP) is 2.93. The first-order valence-electron chi connectivity index (χ1n) is 3.90. The highest BCUT2D eigenvalue weighted by Gasteiger charge is 1.92. The van der Waals surface area contributed by atoms with Crippen LogP contribution in [0.3, 0.4) is 0 Å². The summed E-state index contributed by atoms with van der Waals surface area (Å²) in [6, 6.07) is 7.77. The molecule has 1 aromatic rings. The van der Waals surface area contributed by atoms with E-state index in [-0.39, 0.29) is 0 Å². The van der Waals surface area contributed by atoms with E-state index in [1.165, 1.54) is 5.56 Å². The molecule has 0 spiro atoms. The smallest absolute Gasteiger partial charge is 0.0468 e. The summed E-state index contributed by atoms with van der Waals surface area (Å²) in [5, 5.41) is 0.777. The molecule has 0 fully saturated rings. The monoisotopic (exact) mass is 183 g/mol. The number of hydrogen-bond acceptors (Lipinski definition) is 1. The maximum absolute atomic E-state index is 5.73. The molecular formula is C10H12ClO. The molecule has 1 nitrogen and oxygen atoms in total. The van der Waals surface area contributed by atoms with E-state index in [0.717, 1.165) is 18.1 Å². The van der Waals surface area contributed by atoms with Gasteiger partial charge in [-0.15, -0.1) is 0 Å².